The molecule has 5 heterocycles. The normalized spacial score (nSPS) is 12.5. The smallest absolute Gasteiger partial charge is 0.180 e. The summed E-state index contributed by atoms with van der Waals surface area (Å²) >= 11 is 0. The van der Waals surface area contributed by atoms with Gasteiger partial charge in [0.1, 0.15) is 39.1 Å². The maximum Gasteiger partial charge on any atom is 0.180 e. The van der Waals surface area contributed by atoms with E-state index in [9.17, 15) is 0 Å². The highest BCUT2D eigenvalue weighted by atomic mass is 16.3. The van der Waals surface area contributed by atoms with Crippen LogP contribution >= 0.6 is 0 Å². The molecule has 0 saturated heterocycles. The van der Waals surface area contributed by atoms with Gasteiger partial charge in [-0.3, -0.25) is 0 Å². The van der Waals surface area contributed by atoms with Gasteiger partial charge in [0.25, 0.3) is 0 Å². The van der Waals surface area contributed by atoms with Crippen molar-refractivity contribution in [1.29, 1.82) is 0 Å². The molecule has 5 aromatic heterocycles. The fraction of sp³-hybridized carbons (Fsp3) is 0. The third-order valence-corrected chi connectivity index (χ3v) is 12.2. The summed E-state index contributed by atoms with van der Waals surface area (Å²) in [5.41, 5.74) is 11.5. The Kier molecular flexibility index (Phi) is 5.68. The third kappa shape index (κ3) is 3.90. The number of aromatic nitrogens is 3. The minimum absolute atomic E-state index is 0.626. The van der Waals surface area contributed by atoms with Gasteiger partial charge >= 0.3 is 0 Å². The van der Waals surface area contributed by atoms with E-state index in [0.717, 1.165) is 115 Å². The fourth-order valence-corrected chi connectivity index (χ4v) is 9.68. The van der Waals surface area contributed by atoms with E-state index in [1.165, 1.54) is 10.8 Å². The molecule has 0 aliphatic carbocycles. The molecule has 0 fully saturated rings. The molecule has 0 N–H and O–H groups in total. The Balaban J connectivity index is 1.05. The summed E-state index contributed by atoms with van der Waals surface area (Å²) in [5.74, 6) is 0.626. The lowest BCUT2D eigenvalue weighted by molar-refractivity contribution is 0.664. The van der Waals surface area contributed by atoms with E-state index in [1.807, 2.05) is 36.4 Å². The first-order chi connectivity index (χ1) is 28.7. The molecular weight excluding hydrogens is 715 g/mol. The van der Waals surface area contributed by atoms with Crippen molar-refractivity contribution in [2.45, 2.75) is 0 Å². The molecule has 9 aromatic carbocycles. The summed E-state index contributed by atoms with van der Waals surface area (Å²) in [5, 5.41) is 12.2. The quantitative estimate of drug-likeness (QED) is 0.180. The van der Waals surface area contributed by atoms with E-state index in [-0.39, 0.29) is 0 Å². The highest BCUT2D eigenvalue weighted by Gasteiger charge is 2.24. The van der Waals surface area contributed by atoms with Gasteiger partial charge in [-0.2, -0.15) is 0 Å². The van der Waals surface area contributed by atoms with E-state index in [2.05, 4.69) is 132 Å². The van der Waals surface area contributed by atoms with Crippen LogP contribution in [0.15, 0.2) is 177 Å². The number of hydrogen-bond donors (Lipinski definition) is 0. The molecule has 14 rings (SSSR count). The second kappa shape index (κ2) is 10.9. The molecule has 0 aliphatic heterocycles. The van der Waals surface area contributed by atoms with Crippen molar-refractivity contribution in [3.8, 4) is 28.3 Å². The van der Waals surface area contributed by atoms with E-state index < -0.39 is 0 Å². The van der Waals surface area contributed by atoms with Crippen LogP contribution < -0.4 is 0 Å². The predicted molar refractivity (Wildman–Crippen MR) is 235 cm³/mol. The number of para-hydroxylation sites is 2. The number of rotatable bonds is 3. The number of benzene rings is 9. The van der Waals surface area contributed by atoms with Gasteiger partial charge in [-0.25, -0.2) is 9.97 Å². The summed E-state index contributed by atoms with van der Waals surface area (Å²) in [6.07, 6.45) is 0. The predicted octanol–water partition coefficient (Wildman–Crippen LogP) is 14.4. The first kappa shape index (κ1) is 30.3. The highest BCUT2D eigenvalue weighted by molar-refractivity contribution is 6.34. The molecule has 0 amide bonds. The van der Waals surface area contributed by atoms with Crippen LogP contribution in [0.3, 0.4) is 0 Å². The van der Waals surface area contributed by atoms with Crippen molar-refractivity contribution in [3.63, 3.8) is 0 Å². The zero-order valence-corrected chi connectivity index (χ0v) is 30.7. The fourth-order valence-electron chi connectivity index (χ4n) is 9.68. The average Bonchev–Trinajstić information content (AvgIpc) is 3.92. The second-order valence-electron chi connectivity index (χ2n) is 15.2. The molecule has 268 valence electrons. The maximum atomic E-state index is 6.69. The summed E-state index contributed by atoms with van der Waals surface area (Å²) < 4.78 is 22.0. The Morgan fingerprint density at radius 3 is 1.74 bits per heavy atom. The molecular formula is C52H27N3O3. The van der Waals surface area contributed by atoms with Gasteiger partial charge < -0.3 is 17.8 Å². The van der Waals surface area contributed by atoms with Gasteiger partial charge in [-0.1, -0.05) is 97.1 Å². The molecule has 0 bridgehead atoms. The van der Waals surface area contributed by atoms with Crippen molar-refractivity contribution < 1.29 is 13.3 Å². The minimum Gasteiger partial charge on any atom is -0.456 e. The lowest BCUT2D eigenvalue weighted by atomic mass is 10.00. The number of fused-ring (bicyclic) bond motifs is 7. The lowest BCUT2D eigenvalue weighted by Gasteiger charge is -2.15. The molecule has 0 aliphatic rings. The topological polar surface area (TPSA) is 70.1 Å². The highest BCUT2D eigenvalue weighted by Crippen LogP contribution is 2.46. The zero-order chi connectivity index (χ0) is 37.6. The lowest BCUT2D eigenvalue weighted by Crippen LogP contribution is -1.99. The van der Waals surface area contributed by atoms with Crippen molar-refractivity contribution in [1.82, 2.24) is 14.5 Å². The van der Waals surface area contributed by atoms with E-state index in [4.69, 9.17) is 23.2 Å². The molecule has 6 heteroatoms. The number of furan rings is 2. The monoisotopic (exact) mass is 741 g/mol. The van der Waals surface area contributed by atoms with Gasteiger partial charge in [-0.05, 0) is 82.9 Å². The Morgan fingerprint density at radius 1 is 0.397 bits per heavy atom. The second-order valence-corrected chi connectivity index (χ2v) is 15.2. The molecule has 14 aromatic rings. The van der Waals surface area contributed by atoms with Crippen LogP contribution in [-0.4, -0.2) is 14.5 Å². The minimum atomic E-state index is 0.626. The van der Waals surface area contributed by atoms with Gasteiger partial charge in [0.2, 0.25) is 0 Å². The summed E-state index contributed by atoms with van der Waals surface area (Å²) in [6, 6.07) is 57.1. The van der Waals surface area contributed by atoms with Gasteiger partial charge in [0.15, 0.2) is 11.4 Å². The standard InChI is InChI=1S/C52H27N3O3/c1-2-12-32-31(11-1)35(23-26-37(32)55-38-24-20-28-9-7-17-42-45(28)47(38)48-39(55)25-21-29-10-8-18-43(57-42)46(29)48)52-53-49(51-50(54-52)36-14-4-6-16-41(36)58-51)30-19-22-34-33-13-3-5-15-40(33)56-44(34)27-30/h1-27H. The largest absolute Gasteiger partial charge is 0.456 e. The molecule has 0 spiro atoms. The van der Waals surface area contributed by atoms with Crippen molar-refractivity contribution in [3.05, 3.63) is 164 Å². The van der Waals surface area contributed by atoms with E-state index >= 15 is 0 Å². The third-order valence-electron chi connectivity index (χ3n) is 12.2. The first-order valence-electron chi connectivity index (χ1n) is 19.5. The van der Waals surface area contributed by atoms with E-state index in [0.29, 0.717) is 11.4 Å². The molecule has 58 heavy (non-hydrogen) atoms. The van der Waals surface area contributed by atoms with Gasteiger partial charge in [0.05, 0.1) is 16.7 Å². The Hall–Kier alpha value is -7.96. The Morgan fingerprint density at radius 2 is 1.00 bits per heavy atom. The van der Waals surface area contributed by atoms with Crippen molar-refractivity contribution in [2.24, 2.45) is 0 Å². The summed E-state index contributed by atoms with van der Waals surface area (Å²) in [6.45, 7) is 0. The van der Waals surface area contributed by atoms with Crippen LogP contribution in [0.1, 0.15) is 0 Å². The summed E-state index contributed by atoms with van der Waals surface area (Å²) in [7, 11) is 0. The van der Waals surface area contributed by atoms with Crippen LogP contribution in [0.4, 0.5) is 0 Å². The zero-order valence-electron chi connectivity index (χ0n) is 30.7. The molecule has 0 saturated carbocycles. The SMILES string of the molecule is c1ccc2c(c1)oc1cc(-c3nc(-c4ccc(-n5c6ccc7cccc8oc9cccc%10ccc5c(c%109)c6c78)c5ccccc45)nc4c3oc3ccccc34)ccc12. The molecule has 0 radical (unpaired) electrons. The number of nitrogens with zero attached hydrogens (tertiary/aromatic N) is 3. The van der Waals surface area contributed by atoms with Gasteiger partial charge in [-0.15, -0.1) is 0 Å². The maximum absolute atomic E-state index is 6.69. The van der Waals surface area contributed by atoms with Crippen LogP contribution in [0, 0.1) is 0 Å². The first-order valence-corrected chi connectivity index (χ1v) is 19.5. The van der Waals surface area contributed by atoms with Gasteiger partial charge in [0, 0.05) is 54.2 Å². The Labute approximate surface area is 328 Å². The van der Waals surface area contributed by atoms with Crippen LogP contribution in [0.2, 0.25) is 0 Å². The van der Waals surface area contributed by atoms with E-state index in [1.54, 1.807) is 0 Å². The van der Waals surface area contributed by atoms with Crippen LogP contribution in [0.5, 0.6) is 0 Å². The van der Waals surface area contributed by atoms with Crippen molar-refractivity contribution >= 4 is 109 Å². The molecule has 0 atom stereocenters. The average molecular weight is 742 g/mol. The summed E-state index contributed by atoms with van der Waals surface area (Å²) in [4.78, 5) is 10.7. The van der Waals surface area contributed by atoms with Crippen LogP contribution in [-0.2, 0) is 0 Å². The molecule has 0 unspecified atom stereocenters. The van der Waals surface area contributed by atoms with Crippen LogP contribution in [0.25, 0.3) is 138 Å². The number of hydrogen-bond acceptors (Lipinski definition) is 5. The molecule has 6 nitrogen and oxygen atoms in total. The Bertz CT molecular complexity index is 3950. The van der Waals surface area contributed by atoms with Crippen molar-refractivity contribution in [2.75, 3.05) is 0 Å².